The molecule has 2 amide bonds. The highest BCUT2D eigenvalue weighted by molar-refractivity contribution is 6.06. The lowest BCUT2D eigenvalue weighted by Gasteiger charge is -2.14. The van der Waals surface area contributed by atoms with E-state index in [1.54, 1.807) is 54.6 Å². The first-order chi connectivity index (χ1) is 13.8. The van der Waals surface area contributed by atoms with E-state index >= 15 is 0 Å². The molecule has 1 unspecified atom stereocenters. The summed E-state index contributed by atoms with van der Waals surface area (Å²) in [4.78, 5) is 36.1. The molecule has 0 saturated carbocycles. The van der Waals surface area contributed by atoms with Crippen LogP contribution in [-0.4, -0.2) is 35.0 Å². The second kappa shape index (κ2) is 10.1. The molecule has 2 rings (SSSR count). The second-order valence-corrected chi connectivity index (χ2v) is 6.65. The zero-order chi connectivity index (χ0) is 21.4. The summed E-state index contributed by atoms with van der Waals surface area (Å²) in [5, 5.41) is 13.9. The predicted octanol–water partition coefficient (Wildman–Crippen LogP) is 2.83. The lowest BCUT2D eigenvalue weighted by Crippen LogP contribution is -2.42. The molecule has 0 radical (unpaired) electrons. The summed E-state index contributed by atoms with van der Waals surface area (Å²) in [6.07, 6.45) is 1.50. The van der Waals surface area contributed by atoms with Crippen LogP contribution in [-0.2, 0) is 9.59 Å². The number of amides is 2. The molecule has 0 spiro atoms. The van der Waals surface area contributed by atoms with E-state index in [2.05, 4.69) is 10.6 Å². The SMILES string of the molecule is CC(C)Oc1ccc(/C=C(/NC(=O)c2ccccc2)C(=O)NC(C)C(=O)O)cc1. The van der Waals surface area contributed by atoms with Crippen molar-refractivity contribution in [3.05, 3.63) is 71.4 Å². The first kappa shape index (κ1) is 21.7. The smallest absolute Gasteiger partial charge is 0.325 e. The highest BCUT2D eigenvalue weighted by atomic mass is 16.5. The number of rotatable bonds is 8. The van der Waals surface area contributed by atoms with E-state index in [9.17, 15) is 14.4 Å². The normalized spacial score (nSPS) is 12.2. The Hall–Kier alpha value is -3.61. The minimum atomic E-state index is -1.18. The summed E-state index contributed by atoms with van der Waals surface area (Å²) in [5.41, 5.74) is 0.949. The molecule has 2 aromatic rings. The molecule has 0 aliphatic rings. The van der Waals surface area contributed by atoms with Gasteiger partial charge in [0, 0.05) is 5.56 Å². The molecule has 0 saturated heterocycles. The predicted molar refractivity (Wildman–Crippen MR) is 109 cm³/mol. The third-order valence-corrected chi connectivity index (χ3v) is 3.81. The van der Waals surface area contributed by atoms with Gasteiger partial charge in [0.1, 0.15) is 17.5 Å². The summed E-state index contributed by atoms with van der Waals surface area (Å²) in [7, 11) is 0. The largest absolute Gasteiger partial charge is 0.491 e. The number of hydrogen-bond acceptors (Lipinski definition) is 4. The van der Waals surface area contributed by atoms with Crippen LogP contribution >= 0.6 is 0 Å². The molecule has 2 aromatic carbocycles. The number of carbonyl (C=O) groups is 3. The molecule has 29 heavy (non-hydrogen) atoms. The molecule has 0 bridgehead atoms. The highest BCUT2D eigenvalue weighted by Crippen LogP contribution is 2.16. The van der Waals surface area contributed by atoms with Crippen molar-refractivity contribution in [3.63, 3.8) is 0 Å². The maximum absolute atomic E-state index is 12.6. The van der Waals surface area contributed by atoms with Crippen molar-refractivity contribution >= 4 is 23.9 Å². The first-order valence-electron chi connectivity index (χ1n) is 9.14. The Morgan fingerprint density at radius 1 is 0.966 bits per heavy atom. The van der Waals surface area contributed by atoms with Crippen molar-refractivity contribution in [1.29, 1.82) is 0 Å². The molecule has 0 fully saturated rings. The van der Waals surface area contributed by atoms with E-state index in [1.807, 2.05) is 13.8 Å². The zero-order valence-electron chi connectivity index (χ0n) is 16.5. The van der Waals surface area contributed by atoms with Crippen LogP contribution in [0.5, 0.6) is 5.75 Å². The molecule has 7 nitrogen and oxygen atoms in total. The van der Waals surface area contributed by atoms with Gasteiger partial charge >= 0.3 is 5.97 Å². The quantitative estimate of drug-likeness (QED) is 0.595. The summed E-state index contributed by atoms with van der Waals surface area (Å²) < 4.78 is 5.59. The van der Waals surface area contributed by atoms with Crippen LogP contribution in [0.25, 0.3) is 6.08 Å². The van der Waals surface area contributed by atoms with Gasteiger partial charge < -0.3 is 20.5 Å². The molecular formula is C22H24N2O5. The minimum Gasteiger partial charge on any atom is -0.491 e. The summed E-state index contributed by atoms with van der Waals surface area (Å²) >= 11 is 0. The Kier molecular flexibility index (Phi) is 7.54. The van der Waals surface area contributed by atoms with Crippen molar-refractivity contribution < 1.29 is 24.2 Å². The van der Waals surface area contributed by atoms with Gasteiger partial charge in [-0.15, -0.1) is 0 Å². The van der Waals surface area contributed by atoms with Gasteiger partial charge in [-0.3, -0.25) is 14.4 Å². The molecule has 1 atom stereocenters. The number of carboxylic acid groups (broad SMARTS) is 1. The lowest BCUT2D eigenvalue weighted by atomic mass is 10.1. The Balaban J connectivity index is 2.27. The van der Waals surface area contributed by atoms with Gasteiger partial charge in [-0.25, -0.2) is 0 Å². The van der Waals surface area contributed by atoms with Gasteiger partial charge in [-0.1, -0.05) is 30.3 Å². The Morgan fingerprint density at radius 2 is 1.59 bits per heavy atom. The van der Waals surface area contributed by atoms with Crippen LogP contribution in [0.3, 0.4) is 0 Å². The number of nitrogens with one attached hydrogen (secondary N) is 2. The maximum atomic E-state index is 12.6. The number of ether oxygens (including phenoxy) is 1. The van der Waals surface area contributed by atoms with Crippen molar-refractivity contribution in [2.45, 2.75) is 32.9 Å². The Morgan fingerprint density at radius 3 is 2.14 bits per heavy atom. The molecule has 0 aliphatic carbocycles. The first-order valence-corrected chi connectivity index (χ1v) is 9.14. The van der Waals surface area contributed by atoms with Gasteiger partial charge in [0.15, 0.2) is 0 Å². The van der Waals surface area contributed by atoms with Crippen LogP contribution in [0.2, 0.25) is 0 Å². The fraction of sp³-hybridized carbons (Fsp3) is 0.227. The standard InChI is InChI=1S/C22H24N2O5/c1-14(2)29-18-11-9-16(10-12-18)13-19(21(26)23-15(3)22(27)28)24-20(25)17-7-5-4-6-8-17/h4-15H,1-3H3,(H,23,26)(H,24,25)(H,27,28)/b19-13+. The van der Waals surface area contributed by atoms with Gasteiger partial charge in [0.2, 0.25) is 0 Å². The average molecular weight is 396 g/mol. The summed E-state index contributed by atoms with van der Waals surface area (Å²) in [6, 6.07) is 14.3. The van der Waals surface area contributed by atoms with E-state index in [-0.39, 0.29) is 11.8 Å². The average Bonchev–Trinajstić information content (AvgIpc) is 2.68. The van der Waals surface area contributed by atoms with Crippen LogP contribution < -0.4 is 15.4 Å². The van der Waals surface area contributed by atoms with E-state index in [1.165, 1.54) is 13.0 Å². The molecule has 3 N–H and O–H groups in total. The Bertz CT molecular complexity index is 889. The topological polar surface area (TPSA) is 105 Å². The van der Waals surface area contributed by atoms with Crippen molar-refractivity contribution in [1.82, 2.24) is 10.6 Å². The van der Waals surface area contributed by atoms with Crippen molar-refractivity contribution in [2.75, 3.05) is 0 Å². The van der Waals surface area contributed by atoms with Crippen molar-refractivity contribution in [2.24, 2.45) is 0 Å². The Labute approximate surface area is 169 Å². The molecule has 0 aliphatic heterocycles. The molecular weight excluding hydrogens is 372 g/mol. The van der Waals surface area contributed by atoms with Gasteiger partial charge in [-0.05, 0) is 56.7 Å². The van der Waals surface area contributed by atoms with Gasteiger partial charge in [0.25, 0.3) is 11.8 Å². The second-order valence-electron chi connectivity index (χ2n) is 6.65. The van der Waals surface area contributed by atoms with Crippen molar-refractivity contribution in [3.8, 4) is 5.75 Å². The van der Waals surface area contributed by atoms with Gasteiger partial charge in [0.05, 0.1) is 6.10 Å². The van der Waals surface area contributed by atoms with Gasteiger partial charge in [-0.2, -0.15) is 0 Å². The molecule has 7 heteroatoms. The number of hydrogen-bond donors (Lipinski definition) is 3. The maximum Gasteiger partial charge on any atom is 0.325 e. The van der Waals surface area contributed by atoms with E-state index in [4.69, 9.17) is 9.84 Å². The lowest BCUT2D eigenvalue weighted by molar-refractivity contribution is -0.140. The number of carboxylic acids is 1. The van der Waals surface area contributed by atoms with E-state index in [0.717, 1.165) is 0 Å². The summed E-state index contributed by atoms with van der Waals surface area (Å²) in [5.74, 6) is -1.68. The third kappa shape index (κ3) is 6.80. The van der Waals surface area contributed by atoms with Crippen LogP contribution in [0.1, 0.15) is 36.7 Å². The monoisotopic (exact) mass is 396 g/mol. The number of carbonyl (C=O) groups excluding carboxylic acids is 2. The van der Waals surface area contributed by atoms with E-state index in [0.29, 0.717) is 16.9 Å². The number of aliphatic carboxylic acids is 1. The number of benzene rings is 2. The zero-order valence-corrected chi connectivity index (χ0v) is 16.5. The minimum absolute atomic E-state index is 0.0281. The third-order valence-electron chi connectivity index (χ3n) is 3.81. The van der Waals surface area contributed by atoms with Crippen LogP contribution in [0.15, 0.2) is 60.3 Å². The van der Waals surface area contributed by atoms with Crippen LogP contribution in [0, 0.1) is 0 Å². The highest BCUT2D eigenvalue weighted by Gasteiger charge is 2.19. The fourth-order valence-electron chi connectivity index (χ4n) is 2.36. The fourth-order valence-corrected chi connectivity index (χ4v) is 2.36. The molecule has 152 valence electrons. The summed E-state index contributed by atoms with van der Waals surface area (Å²) in [6.45, 7) is 5.17. The molecule has 0 heterocycles. The van der Waals surface area contributed by atoms with Crippen LogP contribution in [0.4, 0.5) is 0 Å². The van der Waals surface area contributed by atoms with E-state index < -0.39 is 23.8 Å². The molecule has 0 aromatic heterocycles.